The molecule has 1 atom stereocenters. The van der Waals surface area contributed by atoms with E-state index >= 15 is 0 Å². The van der Waals surface area contributed by atoms with Crippen molar-refractivity contribution >= 4 is 29.3 Å². The molecule has 2 aromatic rings. The number of carbonyl (C=O) groups is 1. The maximum Gasteiger partial charge on any atom is 0.322 e. The predicted octanol–water partition coefficient (Wildman–Crippen LogP) is 1.34. The summed E-state index contributed by atoms with van der Waals surface area (Å²) in [6, 6.07) is 4.35. The lowest BCUT2D eigenvalue weighted by atomic mass is 10.1. The van der Waals surface area contributed by atoms with Crippen molar-refractivity contribution < 1.29 is 14.6 Å². The topological polar surface area (TPSA) is 88.3 Å². The van der Waals surface area contributed by atoms with Gasteiger partial charge in [0, 0.05) is 29.6 Å². The van der Waals surface area contributed by atoms with E-state index in [-0.39, 0.29) is 18.2 Å². The lowest BCUT2D eigenvalue weighted by Gasteiger charge is -2.07. The van der Waals surface area contributed by atoms with Gasteiger partial charge in [-0.15, -0.1) is 12.4 Å². The number of hydrogen-bond acceptors (Lipinski definition) is 4. The number of hydrogen-bond donors (Lipinski definition) is 3. The molecule has 0 aliphatic carbocycles. The molecule has 0 aliphatic heterocycles. The number of esters is 1. The van der Waals surface area contributed by atoms with E-state index in [1.807, 2.05) is 0 Å². The minimum atomic E-state index is -0.673. The summed E-state index contributed by atoms with van der Waals surface area (Å²) in [5.41, 5.74) is 7.45. The molecule has 1 heterocycles. The number of methoxy groups -OCH3 is 1. The summed E-state index contributed by atoms with van der Waals surface area (Å²) in [6.45, 7) is 0. The number of benzene rings is 1. The van der Waals surface area contributed by atoms with Crippen molar-refractivity contribution in [2.75, 3.05) is 7.11 Å². The van der Waals surface area contributed by atoms with Gasteiger partial charge in [0.15, 0.2) is 0 Å². The molecule has 0 bridgehead atoms. The zero-order valence-electron chi connectivity index (χ0n) is 9.84. The minimum absolute atomic E-state index is 0. The van der Waals surface area contributed by atoms with E-state index in [0.29, 0.717) is 6.42 Å². The van der Waals surface area contributed by atoms with Gasteiger partial charge in [0.05, 0.1) is 7.11 Å². The normalized spacial score (nSPS) is 11.9. The molecule has 0 spiro atoms. The molecule has 1 aromatic heterocycles. The van der Waals surface area contributed by atoms with Gasteiger partial charge in [-0.25, -0.2) is 0 Å². The third-order valence-electron chi connectivity index (χ3n) is 2.69. The van der Waals surface area contributed by atoms with E-state index in [1.54, 1.807) is 24.4 Å². The monoisotopic (exact) mass is 270 g/mol. The van der Waals surface area contributed by atoms with Crippen LogP contribution in [0, 0.1) is 0 Å². The fraction of sp³-hybridized carbons (Fsp3) is 0.250. The van der Waals surface area contributed by atoms with Gasteiger partial charge >= 0.3 is 5.97 Å². The Balaban J connectivity index is 0.00000162. The Kier molecular flexibility index (Phi) is 4.58. The highest BCUT2D eigenvalue weighted by Gasteiger charge is 2.16. The summed E-state index contributed by atoms with van der Waals surface area (Å²) in [4.78, 5) is 14.3. The first-order valence-corrected chi connectivity index (χ1v) is 5.24. The van der Waals surface area contributed by atoms with Crippen LogP contribution < -0.4 is 5.73 Å². The zero-order chi connectivity index (χ0) is 12.4. The molecule has 98 valence electrons. The summed E-state index contributed by atoms with van der Waals surface area (Å²) >= 11 is 0. The van der Waals surface area contributed by atoms with Crippen LogP contribution in [-0.2, 0) is 16.0 Å². The van der Waals surface area contributed by atoms with Crippen LogP contribution in [0.1, 0.15) is 5.56 Å². The fourth-order valence-corrected chi connectivity index (χ4v) is 1.81. The van der Waals surface area contributed by atoms with E-state index in [1.165, 1.54) is 7.11 Å². The average Bonchev–Trinajstić information content (AvgIpc) is 2.70. The molecule has 18 heavy (non-hydrogen) atoms. The summed E-state index contributed by atoms with van der Waals surface area (Å²) in [7, 11) is 1.31. The number of aromatic amines is 1. The smallest absolute Gasteiger partial charge is 0.322 e. The molecule has 0 saturated heterocycles. The number of aromatic hydroxyl groups is 1. The number of fused-ring (bicyclic) bond motifs is 1. The standard InChI is InChI=1S/C12H14N2O3.ClH/c1-17-12(16)10(13)4-7-6-14-11-5-8(15)2-3-9(7)11;/h2-3,5-6,10,14-15H,4,13H2,1H3;1H. The second-order valence-corrected chi connectivity index (χ2v) is 3.88. The molecule has 6 heteroatoms. The molecule has 0 radical (unpaired) electrons. The van der Waals surface area contributed by atoms with Crippen LogP contribution in [0.25, 0.3) is 10.9 Å². The Morgan fingerprint density at radius 2 is 2.28 bits per heavy atom. The molecule has 5 nitrogen and oxygen atoms in total. The maximum absolute atomic E-state index is 11.2. The molecule has 0 amide bonds. The second-order valence-electron chi connectivity index (χ2n) is 3.88. The van der Waals surface area contributed by atoms with Crippen LogP contribution in [0.2, 0.25) is 0 Å². The molecule has 0 fully saturated rings. The Hall–Kier alpha value is -1.72. The van der Waals surface area contributed by atoms with Crippen molar-refractivity contribution in [2.24, 2.45) is 5.73 Å². The van der Waals surface area contributed by atoms with Crippen molar-refractivity contribution in [3.63, 3.8) is 0 Å². The van der Waals surface area contributed by atoms with Gasteiger partial charge in [-0.05, 0) is 17.7 Å². The summed E-state index contributed by atoms with van der Waals surface area (Å²) in [6.07, 6.45) is 2.18. The molecule has 0 aliphatic rings. The highest BCUT2D eigenvalue weighted by Crippen LogP contribution is 2.23. The number of phenols is 1. The Morgan fingerprint density at radius 1 is 1.56 bits per heavy atom. The Morgan fingerprint density at radius 3 is 2.94 bits per heavy atom. The van der Waals surface area contributed by atoms with Gasteiger partial charge < -0.3 is 20.6 Å². The molecule has 4 N–H and O–H groups in total. The van der Waals surface area contributed by atoms with Gasteiger partial charge in [-0.3, -0.25) is 4.79 Å². The lowest BCUT2D eigenvalue weighted by molar-refractivity contribution is -0.142. The van der Waals surface area contributed by atoms with E-state index in [2.05, 4.69) is 9.72 Å². The average molecular weight is 271 g/mol. The quantitative estimate of drug-likeness (QED) is 0.735. The highest BCUT2D eigenvalue weighted by molar-refractivity contribution is 5.86. The van der Waals surface area contributed by atoms with Crippen LogP contribution in [0.3, 0.4) is 0 Å². The third-order valence-corrected chi connectivity index (χ3v) is 2.69. The molecule has 1 aromatic carbocycles. The third kappa shape index (κ3) is 2.75. The number of ether oxygens (including phenoxy) is 1. The predicted molar refractivity (Wildman–Crippen MR) is 70.9 cm³/mol. The van der Waals surface area contributed by atoms with Crippen LogP contribution in [0.5, 0.6) is 5.75 Å². The zero-order valence-corrected chi connectivity index (χ0v) is 10.7. The first-order valence-electron chi connectivity index (χ1n) is 5.24. The number of carbonyl (C=O) groups excluding carboxylic acids is 1. The van der Waals surface area contributed by atoms with Gasteiger partial charge in [-0.1, -0.05) is 0 Å². The molecular weight excluding hydrogens is 256 g/mol. The Bertz CT molecular complexity index is 553. The molecule has 1 unspecified atom stereocenters. The van der Waals surface area contributed by atoms with Crippen molar-refractivity contribution in [1.29, 1.82) is 0 Å². The van der Waals surface area contributed by atoms with Gasteiger partial charge in [0.2, 0.25) is 0 Å². The summed E-state index contributed by atoms with van der Waals surface area (Å²) < 4.78 is 4.58. The van der Waals surface area contributed by atoms with E-state index in [4.69, 9.17) is 5.73 Å². The van der Waals surface area contributed by atoms with Gasteiger partial charge in [0.1, 0.15) is 11.8 Å². The number of H-pyrrole nitrogens is 1. The van der Waals surface area contributed by atoms with Gasteiger partial charge in [0.25, 0.3) is 0 Å². The second kappa shape index (κ2) is 5.75. The number of nitrogens with two attached hydrogens (primary N) is 1. The van der Waals surface area contributed by atoms with Crippen LogP contribution in [-0.4, -0.2) is 29.2 Å². The van der Waals surface area contributed by atoms with E-state index < -0.39 is 12.0 Å². The van der Waals surface area contributed by atoms with Crippen molar-refractivity contribution in [1.82, 2.24) is 4.98 Å². The van der Waals surface area contributed by atoms with Gasteiger partial charge in [-0.2, -0.15) is 0 Å². The summed E-state index contributed by atoms with van der Waals surface area (Å²) in [5.74, 6) is -0.235. The SMILES string of the molecule is COC(=O)C(N)Cc1c[nH]c2cc(O)ccc12.Cl. The van der Waals surface area contributed by atoms with Crippen LogP contribution in [0.15, 0.2) is 24.4 Å². The number of nitrogens with one attached hydrogen (secondary N) is 1. The molecular formula is C12H15ClN2O3. The minimum Gasteiger partial charge on any atom is -0.508 e. The molecule has 0 saturated carbocycles. The van der Waals surface area contributed by atoms with Crippen molar-refractivity contribution in [2.45, 2.75) is 12.5 Å². The van der Waals surface area contributed by atoms with Crippen LogP contribution in [0.4, 0.5) is 0 Å². The first-order chi connectivity index (χ1) is 8.11. The fourth-order valence-electron chi connectivity index (χ4n) is 1.81. The largest absolute Gasteiger partial charge is 0.508 e. The van der Waals surface area contributed by atoms with Crippen LogP contribution >= 0.6 is 12.4 Å². The highest BCUT2D eigenvalue weighted by atomic mass is 35.5. The first kappa shape index (κ1) is 14.3. The summed E-state index contributed by atoms with van der Waals surface area (Å²) in [5, 5.41) is 10.3. The lowest BCUT2D eigenvalue weighted by Crippen LogP contribution is -2.33. The van der Waals surface area contributed by atoms with Crippen molar-refractivity contribution in [3.8, 4) is 5.75 Å². The molecule has 2 rings (SSSR count). The van der Waals surface area contributed by atoms with Crippen molar-refractivity contribution in [3.05, 3.63) is 30.0 Å². The van der Waals surface area contributed by atoms with E-state index in [9.17, 15) is 9.90 Å². The maximum atomic E-state index is 11.2. The number of phenolic OH excluding ortho intramolecular Hbond substituents is 1. The Labute approximate surface area is 110 Å². The number of rotatable bonds is 3. The number of aromatic nitrogens is 1. The number of halogens is 1. The van der Waals surface area contributed by atoms with E-state index in [0.717, 1.165) is 16.5 Å².